The Morgan fingerprint density at radius 3 is 2.74 bits per heavy atom. The molecular weight excluding hydrogens is 238 g/mol. The Morgan fingerprint density at radius 1 is 1.37 bits per heavy atom. The number of ether oxygens (including phenoxy) is 1. The van der Waals surface area contributed by atoms with E-state index in [9.17, 15) is 0 Å². The second-order valence-electron chi connectivity index (χ2n) is 5.66. The first-order chi connectivity index (χ1) is 9.22. The van der Waals surface area contributed by atoms with Crippen LogP contribution in [0.3, 0.4) is 0 Å². The van der Waals surface area contributed by atoms with Crippen molar-refractivity contribution in [3.63, 3.8) is 0 Å². The van der Waals surface area contributed by atoms with E-state index in [0.29, 0.717) is 6.04 Å². The van der Waals surface area contributed by atoms with Crippen LogP contribution in [-0.4, -0.2) is 29.3 Å². The summed E-state index contributed by atoms with van der Waals surface area (Å²) < 4.78 is 7.32. The summed E-state index contributed by atoms with van der Waals surface area (Å²) in [5, 5.41) is 3.62. The molecule has 108 valence electrons. The highest BCUT2D eigenvalue weighted by atomic mass is 16.5. The molecule has 1 fully saturated rings. The third-order valence-electron chi connectivity index (χ3n) is 4.19. The molecule has 1 aliphatic rings. The Kier molecular flexibility index (Phi) is 5.25. The molecule has 0 aromatic carbocycles. The lowest BCUT2D eigenvalue weighted by Crippen LogP contribution is -2.27. The molecule has 1 aromatic heterocycles. The summed E-state index contributed by atoms with van der Waals surface area (Å²) >= 11 is 0. The highest BCUT2D eigenvalue weighted by molar-refractivity contribution is 5.30. The van der Waals surface area contributed by atoms with Crippen molar-refractivity contribution in [3.05, 3.63) is 11.9 Å². The van der Waals surface area contributed by atoms with Gasteiger partial charge in [-0.3, -0.25) is 0 Å². The third kappa shape index (κ3) is 3.96. The molecule has 0 aliphatic heterocycles. The van der Waals surface area contributed by atoms with Gasteiger partial charge in [-0.1, -0.05) is 13.3 Å². The maximum Gasteiger partial charge on any atom is 0.203 e. The molecule has 4 nitrogen and oxygen atoms in total. The van der Waals surface area contributed by atoms with E-state index in [1.807, 2.05) is 6.92 Å². The molecule has 1 N–H and O–H groups in total. The third-order valence-corrected chi connectivity index (χ3v) is 4.19. The van der Waals surface area contributed by atoms with Gasteiger partial charge in [0.1, 0.15) is 0 Å². The van der Waals surface area contributed by atoms with Crippen molar-refractivity contribution in [2.75, 3.05) is 19.0 Å². The van der Waals surface area contributed by atoms with Crippen molar-refractivity contribution in [2.45, 2.75) is 58.5 Å². The summed E-state index contributed by atoms with van der Waals surface area (Å²) in [5.41, 5.74) is 1.07. The fourth-order valence-corrected chi connectivity index (χ4v) is 2.92. The van der Waals surface area contributed by atoms with Crippen LogP contribution in [-0.2, 0) is 11.3 Å². The largest absolute Gasteiger partial charge is 0.383 e. The maximum atomic E-state index is 5.15. The van der Waals surface area contributed by atoms with Crippen LogP contribution >= 0.6 is 0 Å². The van der Waals surface area contributed by atoms with Gasteiger partial charge < -0.3 is 14.6 Å². The van der Waals surface area contributed by atoms with Crippen LogP contribution in [0.25, 0.3) is 0 Å². The van der Waals surface area contributed by atoms with Crippen LogP contribution in [0.4, 0.5) is 5.95 Å². The fraction of sp³-hybridized carbons (Fsp3) is 0.800. The van der Waals surface area contributed by atoms with Gasteiger partial charge in [-0.15, -0.1) is 0 Å². The van der Waals surface area contributed by atoms with Gasteiger partial charge in [-0.2, -0.15) is 0 Å². The van der Waals surface area contributed by atoms with E-state index in [-0.39, 0.29) is 0 Å². The summed E-state index contributed by atoms with van der Waals surface area (Å²) in [6, 6.07) is 0.589. The molecule has 1 aliphatic carbocycles. The number of hydrogen-bond acceptors (Lipinski definition) is 3. The second kappa shape index (κ2) is 6.94. The van der Waals surface area contributed by atoms with Gasteiger partial charge in [-0.05, 0) is 38.5 Å². The summed E-state index contributed by atoms with van der Waals surface area (Å²) in [6.07, 6.45) is 8.68. The SMILES string of the molecule is CCC1CCC(Nc2nc(C)cn2CCOC)CC1. The monoisotopic (exact) mass is 265 g/mol. The first-order valence-electron chi connectivity index (χ1n) is 7.52. The fourth-order valence-electron chi connectivity index (χ4n) is 2.92. The maximum absolute atomic E-state index is 5.15. The molecule has 4 heteroatoms. The number of rotatable bonds is 6. The average molecular weight is 265 g/mol. The second-order valence-corrected chi connectivity index (χ2v) is 5.66. The average Bonchev–Trinajstić information content (AvgIpc) is 2.77. The van der Waals surface area contributed by atoms with Crippen molar-refractivity contribution in [1.29, 1.82) is 0 Å². The van der Waals surface area contributed by atoms with Crippen LogP contribution in [0.15, 0.2) is 6.20 Å². The number of nitrogens with zero attached hydrogens (tertiary/aromatic N) is 2. The number of imidazole rings is 1. The smallest absolute Gasteiger partial charge is 0.203 e. The Morgan fingerprint density at radius 2 is 2.11 bits per heavy atom. The topological polar surface area (TPSA) is 39.1 Å². The number of nitrogens with one attached hydrogen (secondary N) is 1. The predicted octanol–water partition coefficient (Wildman–Crippen LogP) is 3.22. The van der Waals surface area contributed by atoms with E-state index in [1.54, 1.807) is 7.11 Å². The molecule has 0 saturated heterocycles. The van der Waals surface area contributed by atoms with Gasteiger partial charge in [-0.25, -0.2) is 4.98 Å². The highest BCUT2D eigenvalue weighted by Gasteiger charge is 2.21. The first-order valence-corrected chi connectivity index (χ1v) is 7.52. The Labute approximate surface area is 116 Å². The van der Waals surface area contributed by atoms with E-state index < -0.39 is 0 Å². The zero-order valence-corrected chi connectivity index (χ0v) is 12.5. The van der Waals surface area contributed by atoms with Crippen LogP contribution in [0.2, 0.25) is 0 Å². The molecule has 1 saturated carbocycles. The van der Waals surface area contributed by atoms with Crippen molar-refractivity contribution < 1.29 is 4.74 Å². The Balaban J connectivity index is 1.91. The number of anilines is 1. The molecule has 1 heterocycles. The molecule has 0 bridgehead atoms. The number of hydrogen-bond donors (Lipinski definition) is 1. The molecule has 0 unspecified atom stereocenters. The molecule has 0 atom stereocenters. The predicted molar refractivity (Wildman–Crippen MR) is 78.5 cm³/mol. The normalized spacial score (nSPS) is 23.5. The van der Waals surface area contributed by atoms with Gasteiger partial charge in [0.05, 0.1) is 12.3 Å². The quantitative estimate of drug-likeness (QED) is 0.858. The minimum absolute atomic E-state index is 0.589. The van der Waals surface area contributed by atoms with E-state index in [2.05, 4.69) is 28.0 Å². The lowest BCUT2D eigenvalue weighted by atomic mass is 9.85. The number of methoxy groups -OCH3 is 1. The number of aryl methyl sites for hydroxylation is 1. The number of aromatic nitrogens is 2. The van der Waals surface area contributed by atoms with E-state index in [4.69, 9.17) is 4.74 Å². The van der Waals surface area contributed by atoms with Crippen molar-refractivity contribution in [3.8, 4) is 0 Å². The van der Waals surface area contributed by atoms with Crippen LogP contribution in [0.1, 0.15) is 44.7 Å². The van der Waals surface area contributed by atoms with Crippen LogP contribution in [0.5, 0.6) is 0 Å². The van der Waals surface area contributed by atoms with Gasteiger partial charge in [0, 0.05) is 25.9 Å². The summed E-state index contributed by atoms with van der Waals surface area (Å²) in [7, 11) is 1.74. The van der Waals surface area contributed by atoms with Gasteiger partial charge in [0.15, 0.2) is 0 Å². The standard InChI is InChI=1S/C15H27N3O/c1-4-13-5-7-14(8-6-13)17-15-16-12(2)11-18(15)9-10-19-3/h11,13-14H,4-10H2,1-3H3,(H,16,17). The molecule has 19 heavy (non-hydrogen) atoms. The summed E-state index contributed by atoms with van der Waals surface area (Å²) in [6.45, 7) is 5.94. The van der Waals surface area contributed by atoms with Crippen molar-refractivity contribution in [1.82, 2.24) is 9.55 Å². The molecule has 0 spiro atoms. The molecule has 0 amide bonds. The van der Waals surface area contributed by atoms with Gasteiger partial charge in [0.25, 0.3) is 0 Å². The Hall–Kier alpha value is -1.03. The van der Waals surface area contributed by atoms with E-state index in [0.717, 1.165) is 30.7 Å². The van der Waals surface area contributed by atoms with Crippen LogP contribution in [0, 0.1) is 12.8 Å². The molecule has 0 radical (unpaired) electrons. The zero-order chi connectivity index (χ0) is 13.7. The van der Waals surface area contributed by atoms with Crippen molar-refractivity contribution in [2.24, 2.45) is 5.92 Å². The minimum atomic E-state index is 0.589. The van der Waals surface area contributed by atoms with Gasteiger partial charge in [0.2, 0.25) is 5.95 Å². The highest BCUT2D eigenvalue weighted by Crippen LogP contribution is 2.28. The summed E-state index contributed by atoms with van der Waals surface area (Å²) in [4.78, 5) is 4.59. The lowest BCUT2D eigenvalue weighted by molar-refractivity contribution is 0.187. The molecular formula is C15H27N3O. The van der Waals surface area contributed by atoms with Crippen LogP contribution < -0.4 is 5.32 Å². The van der Waals surface area contributed by atoms with Gasteiger partial charge >= 0.3 is 0 Å². The zero-order valence-electron chi connectivity index (χ0n) is 12.5. The summed E-state index contributed by atoms with van der Waals surface area (Å²) in [5.74, 6) is 1.95. The van der Waals surface area contributed by atoms with Crippen molar-refractivity contribution >= 4 is 5.95 Å². The minimum Gasteiger partial charge on any atom is -0.383 e. The molecule has 2 rings (SSSR count). The van der Waals surface area contributed by atoms with E-state index in [1.165, 1.54) is 32.1 Å². The Bertz CT molecular complexity index is 381. The van der Waals surface area contributed by atoms with E-state index >= 15 is 0 Å². The first kappa shape index (κ1) is 14.4. The molecule has 1 aromatic rings. The lowest BCUT2D eigenvalue weighted by Gasteiger charge is -2.28.